The van der Waals surface area contributed by atoms with Crippen LogP contribution >= 0.6 is 11.6 Å². The Morgan fingerprint density at radius 3 is 2.52 bits per heavy atom. The van der Waals surface area contributed by atoms with Crippen LogP contribution in [0.15, 0.2) is 18.2 Å². The number of para-hydroxylation sites is 1. The van der Waals surface area contributed by atoms with Crippen LogP contribution in [0.3, 0.4) is 0 Å². The number of benzene rings is 1. The molecule has 1 aromatic rings. The van der Waals surface area contributed by atoms with E-state index < -0.39 is 0 Å². The molecule has 0 aliphatic carbocycles. The summed E-state index contributed by atoms with van der Waals surface area (Å²) in [6, 6.07) is 5.48. The second-order valence-electron chi connectivity index (χ2n) is 7.36. The van der Waals surface area contributed by atoms with Crippen molar-refractivity contribution in [2.75, 3.05) is 18.0 Å². The molecule has 0 bridgehead atoms. The van der Waals surface area contributed by atoms with Crippen LogP contribution < -0.4 is 10.2 Å². The molecule has 21 heavy (non-hydrogen) atoms. The first kappa shape index (κ1) is 16.6. The summed E-state index contributed by atoms with van der Waals surface area (Å²) in [6.45, 7) is 12.6. The summed E-state index contributed by atoms with van der Waals surface area (Å²) in [4.78, 5) is 2.16. The van der Waals surface area contributed by atoms with Crippen LogP contribution in [0.4, 0.5) is 10.1 Å². The van der Waals surface area contributed by atoms with Gasteiger partial charge in [-0.1, -0.05) is 52.3 Å². The van der Waals surface area contributed by atoms with Gasteiger partial charge in [-0.15, -0.1) is 0 Å². The van der Waals surface area contributed by atoms with E-state index in [0.29, 0.717) is 22.7 Å². The minimum Gasteiger partial charge on any atom is -0.362 e. The third-order valence-corrected chi connectivity index (χ3v) is 4.70. The van der Waals surface area contributed by atoms with Crippen molar-refractivity contribution in [2.24, 2.45) is 11.3 Å². The standard InChI is InChI=1S/C17H26ClFN2/c1-11(2)14-9-20-15(17(3,4)5)10-21(14)16-12(18)7-6-8-13(16)19/h6-8,11,14-15,20H,9-10H2,1-5H3. The van der Waals surface area contributed by atoms with E-state index in [9.17, 15) is 4.39 Å². The molecule has 118 valence electrons. The highest BCUT2D eigenvalue weighted by Gasteiger charge is 2.36. The van der Waals surface area contributed by atoms with Crippen molar-refractivity contribution in [2.45, 2.75) is 46.7 Å². The van der Waals surface area contributed by atoms with Gasteiger partial charge < -0.3 is 10.2 Å². The summed E-state index contributed by atoms with van der Waals surface area (Å²) < 4.78 is 14.3. The molecule has 0 aromatic heterocycles. The maximum Gasteiger partial charge on any atom is 0.148 e. The maximum atomic E-state index is 14.3. The Balaban J connectivity index is 2.39. The minimum absolute atomic E-state index is 0.123. The molecule has 1 N–H and O–H groups in total. The number of hydrogen-bond donors (Lipinski definition) is 1. The Morgan fingerprint density at radius 1 is 1.33 bits per heavy atom. The van der Waals surface area contributed by atoms with E-state index in [1.165, 1.54) is 6.07 Å². The molecule has 1 saturated heterocycles. The predicted molar refractivity (Wildman–Crippen MR) is 88.6 cm³/mol. The molecule has 0 amide bonds. The quantitative estimate of drug-likeness (QED) is 0.874. The lowest BCUT2D eigenvalue weighted by molar-refractivity contribution is 0.220. The van der Waals surface area contributed by atoms with Gasteiger partial charge in [0.25, 0.3) is 0 Å². The number of piperazine rings is 1. The maximum absolute atomic E-state index is 14.3. The van der Waals surface area contributed by atoms with Crippen LogP contribution in [0.25, 0.3) is 0 Å². The van der Waals surface area contributed by atoms with E-state index in [-0.39, 0.29) is 17.3 Å². The molecule has 2 rings (SSSR count). The van der Waals surface area contributed by atoms with Gasteiger partial charge in [0.1, 0.15) is 5.82 Å². The topological polar surface area (TPSA) is 15.3 Å². The average molecular weight is 313 g/mol. The van der Waals surface area contributed by atoms with Crippen molar-refractivity contribution < 1.29 is 4.39 Å². The molecular formula is C17H26ClFN2. The van der Waals surface area contributed by atoms with Gasteiger partial charge in [-0.05, 0) is 23.5 Å². The van der Waals surface area contributed by atoms with E-state index in [4.69, 9.17) is 11.6 Å². The molecule has 2 atom stereocenters. The number of hydrogen-bond acceptors (Lipinski definition) is 2. The summed E-state index contributed by atoms with van der Waals surface area (Å²) in [5.41, 5.74) is 0.673. The van der Waals surface area contributed by atoms with Gasteiger partial charge in [0, 0.05) is 25.2 Å². The normalized spacial score (nSPS) is 23.7. The van der Waals surface area contributed by atoms with Crippen molar-refractivity contribution in [1.82, 2.24) is 5.32 Å². The summed E-state index contributed by atoms with van der Waals surface area (Å²) in [7, 11) is 0. The van der Waals surface area contributed by atoms with E-state index in [0.717, 1.165) is 13.1 Å². The Hall–Kier alpha value is -0.800. The molecule has 2 unspecified atom stereocenters. The van der Waals surface area contributed by atoms with Crippen molar-refractivity contribution in [3.05, 3.63) is 29.0 Å². The van der Waals surface area contributed by atoms with Crippen LogP contribution in [-0.4, -0.2) is 25.2 Å². The minimum atomic E-state index is -0.234. The average Bonchev–Trinajstić information content (AvgIpc) is 2.37. The second-order valence-corrected chi connectivity index (χ2v) is 7.77. The molecule has 1 heterocycles. The smallest absolute Gasteiger partial charge is 0.148 e. The van der Waals surface area contributed by atoms with Gasteiger partial charge in [-0.2, -0.15) is 0 Å². The highest BCUT2D eigenvalue weighted by atomic mass is 35.5. The molecule has 0 saturated carbocycles. The molecule has 2 nitrogen and oxygen atoms in total. The fourth-order valence-corrected chi connectivity index (χ4v) is 3.24. The highest BCUT2D eigenvalue weighted by Crippen LogP contribution is 2.35. The van der Waals surface area contributed by atoms with Gasteiger partial charge in [-0.3, -0.25) is 0 Å². The third kappa shape index (κ3) is 3.51. The van der Waals surface area contributed by atoms with Crippen LogP contribution in [0.2, 0.25) is 5.02 Å². The van der Waals surface area contributed by atoms with E-state index in [1.54, 1.807) is 12.1 Å². The molecule has 1 fully saturated rings. The van der Waals surface area contributed by atoms with Crippen LogP contribution in [0.5, 0.6) is 0 Å². The highest BCUT2D eigenvalue weighted by molar-refractivity contribution is 6.33. The van der Waals surface area contributed by atoms with Crippen LogP contribution in [-0.2, 0) is 0 Å². The van der Waals surface area contributed by atoms with Crippen molar-refractivity contribution in [1.29, 1.82) is 0 Å². The number of rotatable bonds is 2. The molecule has 1 aliphatic rings. The molecule has 0 radical (unpaired) electrons. The third-order valence-electron chi connectivity index (χ3n) is 4.39. The van der Waals surface area contributed by atoms with Gasteiger partial charge in [-0.25, -0.2) is 4.39 Å². The zero-order valence-electron chi connectivity index (χ0n) is 13.6. The van der Waals surface area contributed by atoms with Gasteiger partial charge in [0.15, 0.2) is 0 Å². The van der Waals surface area contributed by atoms with E-state index >= 15 is 0 Å². The summed E-state index contributed by atoms with van der Waals surface area (Å²) >= 11 is 6.29. The van der Waals surface area contributed by atoms with Crippen molar-refractivity contribution >= 4 is 17.3 Å². The van der Waals surface area contributed by atoms with Crippen LogP contribution in [0, 0.1) is 17.2 Å². The first-order valence-electron chi connectivity index (χ1n) is 7.66. The number of halogens is 2. The number of anilines is 1. The fourth-order valence-electron chi connectivity index (χ4n) is 2.97. The van der Waals surface area contributed by atoms with Crippen molar-refractivity contribution in [3.8, 4) is 0 Å². The largest absolute Gasteiger partial charge is 0.362 e. The van der Waals surface area contributed by atoms with Crippen LogP contribution in [0.1, 0.15) is 34.6 Å². The lowest BCUT2D eigenvalue weighted by atomic mass is 9.83. The van der Waals surface area contributed by atoms with E-state index in [1.807, 2.05) is 0 Å². The monoisotopic (exact) mass is 312 g/mol. The molecular weight excluding hydrogens is 287 g/mol. The SMILES string of the molecule is CC(C)C1CNC(C(C)(C)C)CN1c1c(F)cccc1Cl. The van der Waals surface area contributed by atoms with Crippen molar-refractivity contribution in [3.63, 3.8) is 0 Å². The lowest BCUT2D eigenvalue weighted by Crippen LogP contribution is -2.62. The Bertz CT molecular complexity index is 476. The first-order valence-corrected chi connectivity index (χ1v) is 8.03. The second kappa shape index (κ2) is 6.13. The molecule has 0 spiro atoms. The Kier molecular flexibility index (Phi) is 4.84. The van der Waals surface area contributed by atoms with Gasteiger partial charge in [0.2, 0.25) is 0 Å². The summed E-state index contributed by atoms with van der Waals surface area (Å²) in [6.07, 6.45) is 0. The summed E-state index contributed by atoms with van der Waals surface area (Å²) in [5.74, 6) is 0.191. The lowest BCUT2D eigenvalue weighted by Gasteiger charge is -2.47. The Labute approximate surface area is 132 Å². The summed E-state index contributed by atoms with van der Waals surface area (Å²) in [5, 5.41) is 4.12. The zero-order valence-corrected chi connectivity index (χ0v) is 14.3. The van der Waals surface area contributed by atoms with Gasteiger partial charge in [0.05, 0.1) is 10.7 Å². The van der Waals surface area contributed by atoms with E-state index in [2.05, 4.69) is 44.8 Å². The molecule has 1 aromatic carbocycles. The number of nitrogens with one attached hydrogen (secondary N) is 1. The molecule has 4 heteroatoms. The fraction of sp³-hybridized carbons (Fsp3) is 0.647. The predicted octanol–water partition coefficient (Wildman–Crippen LogP) is 4.33. The Morgan fingerprint density at radius 2 is 2.00 bits per heavy atom. The first-order chi connectivity index (χ1) is 9.71. The molecule has 1 aliphatic heterocycles. The number of nitrogens with zero attached hydrogens (tertiary/aromatic N) is 1. The zero-order chi connectivity index (χ0) is 15.8. The van der Waals surface area contributed by atoms with Gasteiger partial charge >= 0.3 is 0 Å².